The molecule has 0 aliphatic carbocycles. The number of carbonyl (C=O) groups is 1. The molecule has 0 bridgehead atoms. The number of carbonyl (C=O) groups excluding carboxylic acids is 1. The first kappa shape index (κ1) is 18.5. The zero-order valence-electron chi connectivity index (χ0n) is 14.7. The molecule has 10 heteroatoms. The summed E-state index contributed by atoms with van der Waals surface area (Å²) in [5.41, 5.74) is 0.354. The molecule has 2 heterocycles. The zero-order chi connectivity index (χ0) is 18.7. The first-order valence-electron chi connectivity index (χ1n) is 8.22. The van der Waals surface area contributed by atoms with Crippen LogP contribution in [0.1, 0.15) is 22.1 Å². The van der Waals surface area contributed by atoms with Crippen molar-refractivity contribution in [2.45, 2.75) is 18.4 Å². The lowest BCUT2D eigenvalue weighted by Gasteiger charge is -2.32. The number of piperazine rings is 1. The van der Waals surface area contributed by atoms with Crippen molar-refractivity contribution < 1.29 is 17.7 Å². The standard InChI is InChI=1S/C16H21N5O4S/c1-12-18-15(19-25-12)11-17-26(23,24)14-5-3-4-13(10-14)16(22)21-8-6-20(2)7-9-21/h3-5,10,17H,6-9,11H2,1-2H3. The highest BCUT2D eigenvalue weighted by Gasteiger charge is 2.22. The minimum Gasteiger partial charge on any atom is -0.340 e. The summed E-state index contributed by atoms with van der Waals surface area (Å²) in [6.45, 7) is 4.39. The second kappa shape index (κ2) is 7.52. The van der Waals surface area contributed by atoms with Crippen molar-refractivity contribution in [3.05, 3.63) is 41.5 Å². The molecule has 1 fully saturated rings. The molecule has 1 aromatic carbocycles. The monoisotopic (exact) mass is 379 g/mol. The van der Waals surface area contributed by atoms with Crippen LogP contribution in [0.4, 0.5) is 0 Å². The molecular formula is C16H21N5O4S. The molecule has 140 valence electrons. The van der Waals surface area contributed by atoms with E-state index in [-0.39, 0.29) is 23.2 Å². The number of hydrogen-bond donors (Lipinski definition) is 1. The van der Waals surface area contributed by atoms with Gasteiger partial charge < -0.3 is 14.3 Å². The van der Waals surface area contributed by atoms with E-state index in [1.807, 2.05) is 7.05 Å². The molecule has 2 aromatic rings. The number of benzene rings is 1. The molecule has 0 spiro atoms. The highest BCUT2D eigenvalue weighted by Crippen LogP contribution is 2.15. The minimum absolute atomic E-state index is 0.0256. The Kier molecular flexibility index (Phi) is 5.35. The number of nitrogens with one attached hydrogen (secondary N) is 1. The van der Waals surface area contributed by atoms with Gasteiger partial charge in [0.05, 0.1) is 11.4 Å². The van der Waals surface area contributed by atoms with Crippen molar-refractivity contribution in [2.75, 3.05) is 33.2 Å². The van der Waals surface area contributed by atoms with Crippen molar-refractivity contribution in [3.8, 4) is 0 Å². The SMILES string of the molecule is Cc1nc(CNS(=O)(=O)c2cccc(C(=O)N3CCN(C)CC3)c2)no1. The predicted octanol–water partition coefficient (Wildman–Crippen LogP) is 0.244. The fourth-order valence-electron chi connectivity index (χ4n) is 2.64. The fraction of sp³-hybridized carbons (Fsp3) is 0.438. The molecule has 0 atom stereocenters. The molecule has 3 rings (SSSR count). The van der Waals surface area contributed by atoms with Crippen LogP contribution in [-0.2, 0) is 16.6 Å². The van der Waals surface area contributed by atoms with Crippen molar-refractivity contribution in [1.82, 2.24) is 24.7 Å². The van der Waals surface area contributed by atoms with E-state index in [0.717, 1.165) is 13.1 Å². The third kappa shape index (κ3) is 4.26. The average Bonchev–Trinajstić information content (AvgIpc) is 3.06. The largest absolute Gasteiger partial charge is 0.340 e. The van der Waals surface area contributed by atoms with Gasteiger partial charge in [-0.05, 0) is 25.2 Å². The van der Waals surface area contributed by atoms with Gasteiger partial charge in [0.25, 0.3) is 5.91 Å². The Hall–Kier alpha value is -2.30. The van der Waals surface area contributed by atoms with Gasteiger partial charge in [0.15, 0.2) is 5.82 Å². The van der Waals surface area contributed by atoms with Crippen molar-refractivity contribution in [1.29, 1.82) is 0 Å². The van der Waals surface area contributed by atoms with Crippen LogP contribution in [0.3, 0.4) is 0 Å². The summed E-state index contributed by atoms with van der Waals surface area (Å²) in [5, 5.41) is 3.65. The van der Waals surface area contributed by atoms with E-state index < -0.39 is 10.0 Å². The normalized spacial score (nSPS) is 16.0. The first-order valence-corrected chi connectivity index (χ1v) is 9.70. The molecular weight excluding hydrogens is 358 g/mol. The Morgan fingerprint density at radius 1 is 1.27 bits per heavy atom. The van der Waals surface area contributed by atoms with Crippen molar-refractivity contribution >= 4 is 15.9 Å². The van der Waals surface area contributed by atoms with Crippen LogP contribution in [0.2, 0.25) is 0 Å². The molecule has 9 nitrogen and oxygen atoms in total. The number of likely N-dealkylation sites (N-methyl/N-ethyl adjacent to an activating group) is 1. The van der Waals surface area contributed by atoms with Gasteiger partial charge in [-0.2, -0.15) is 4.98 Å². The topological polar surface area (TPSA) is 109 Å². The number of rotatable bonds is 5. The van der Waals surface area contributed by atoms with Gasteiger partial charge in [-0.1, -0.05) is 11.2 Å². The second-order valence-electron chi connectivity index (χ2n) is 6.18. The zero-order valence-corrected chi connectivity index (χ0v) is 15.5. The first-order chi connectivity index (χ1) is 12.3. The number of hydrogen-bond acceptors (Lipinski definition) is 7. The third-order valence-electron chi connectivity index (χ3n) is 4.17. The van der Waals surface area contributed by atoms with Crippen LogP contribution in [0.15, 0.2) is 33.7 Å². The van der Waals surface area contributed by atoms with E-state index >= 15 is 0 Å². The van der Waals surface area contributed by atoms with Crippen molar-refractivity contribution in [2.24, 2.45) is 0 Å². The van der Waals surface area contributed by atoms with Crippen LogP contribution in [0, 0.1) is 6.92 Å². The second-order valence-corrected chi connectivity index (χ2v) is 7.94. The van der Waals surface area contributed by atoms with E-state index in [9.17, 15) is 13.2 Å². The fourth-order valence-corrected chi connectivity index (χ4v) is 3.67. The summed E-state index contributed by atoms with van der Waals surface area (Å²) >= 11 is 0. The summed E-state index contributed by atoms with van der Waals surface area (Å²) in [6.07, 6.45) is 0. The van der Waals surface area contributed by atoms with Gasteiger partial charge in [-0.3, -0.25) is 4.79 Å². The van der Waals surface area contributed by atoms with Gasteiger partial charge in [-0.25, -0.2) is 13.1 Å². The van der Waals surface area contributed by atoms with Gasteiger partial charge >= 0.3 is 0 Å². The van der Waals surface area contributed by atoms with Crippen LogP contribution in [0.5, 0.6) is 0 Å². The maximum atomic E-state index is 12.6. The van der Waals surface area contributed by atoms with Gasteiger partial charge in [0, 0.05) is 38.7 Å². The molecule has 1 aliphatic rings. The average molecular weight is 379 g/mol. The molecule has 1 saturated heterocycles. The number of nitrogens with zero attached hydrogens (tertiary/aromatic N) is 4. The molecule has 1 N–H and O–H groups in total. The van der Waals surface area contributed by atoms with Crippen molar-refractivity contribution in [3.63, 3.8) is 0 Å². The van der Waals surface area contributed by atoms with Crippen LogP contribution in [0.25, 0.3) is 0 Å². The molecule has 1 amide bonds. The van der Waals surface area contributed by atoms with Gasteiger partial charge in [0.1, 0.15) is 0 Å². The third-order valence-corrected chi connectivity index (χ3v) is 5.57. The molecule has 0 saturated carbocycles. The summed E-state index contributed by atoms with van der Waals surface area (Å²) in [6, 6.07) is 6.04. The van der Waals surface area contributed by atoms with Gasteiger partial charge in [0.2, 0.25) is 15.9 Å². The van der Waals surface area contributed by atoms with E-state index in [2.05, 4.69) is 19.8 Å². The summed E-state index contributed by atoms with van der Waals surface area (Å²) in [5.74, 6) is 0.443. The smallest absolute Gasteiger partial charge is 0.253 e. The maximum absolute atomic E-state index is 12.6. The number of aromatic nitrogens is 2. The summed E-state index contributed by atoms with van der Waals surface area (Å²) in [7, 11) is -1.79. The van der Waals surface area contributed by atoms with E-state index in [0.29, 0.717) is 24.5 Å². The lowest BCUT2D eigenvalue weighted by Crippen LogP contribution is -2.47. The quantitative estimate of drug-likeness (QED) is 0.793. The highest BCUT2D eigenvalue weighted by atomic mass is 32.2. The van der Waals surface area contributed by atoms with Crippen LogP contribution in [-0.4, -0.2) is 67.5 Å². The molecule has 0 unspecified atom stereocenters. The maximum Gasteiger partial charge on any atom is 0.253 e. The number of sulfonamides is 1. The Bertz CT molecular complexity index is 888. The number of amides is 1. The van der Waals surface area contributed by atoms with Crippen LogP contribution < -0.4 is 4.72 Å². The van der Waals surface area contributed by atoms with Gasteiger partial charge in [-0.15, -0.1) is 0 Å². The molecule has 1 aliphatic heterocycles. The molecule has 26 heavy (non-hydrogen) atoms. The van der Waals surface area contributed by atoms with E-state index in [1.165, 1.54) is 12.1 Å². The van der Waals surface area contributed by atoms with E-state index in [1.54, 1.807) is 24.0 Å². The van der Waals surface area contributed by atoms with Crippen LogP contribution >= 0.6 is 0 Å². The lowest BCUT2D eigenvalue weighted by molar-refractivity contribution is 0.0664. The predicted molar refractivity (Wildman–Crippen MR) is 92.9 cm³/mol. The number of aryl methyl sites for hydroxylation is 1. The van der Waals surface area contributed by atoms with E-state index in [4.69, 9.17) is 4.52 Å². The Balaban J connectivity index is 1.72. The molecule has 0 radical (unpaired) electrons. The Morgan fingerprint density at radius 2 is 2.00 bits per heavy atom. The highest BCUT2D eigenvalue weighted by molar-refractivity contribution is 7.89. The Labute approximate surface area is 152 Å². The minimum atomic E-state index is -3.80. The lowest BCUT2D eigenvalue weighted by atomic mass is 10.2. The summed E-state index contributed by atoms with van der Waals surface area (Å²) < 4.78 is 32.2. The summed E-state index contributed by atoms with van der Waals surface area (Å²) in [4.78, 5) is 20.5. The Morgan fingerprint density at radius 3 is 2.65 bits per heavy atom. The molecule has 1 aromatic heterocycles.